The van der Waals surface area contributed by atoms with Crippen molar-refractivity contribution in [3.8, 4) is 0 Å². The first-order valence-corrected chi connectivity index (χ1v) is 6.40. The number of thioether (sulfide) groups is 1. The number of H-pyrrole nitrogens is 1. The van der Waals surface area contributed by atoms with Gasteiger partial charge in [-0.15, -0.1) is 0 Å². The number of aromatic amines is 1. The number of benzene rings is 1. The lowest BCUT2D eigenvalue weighted by Crippen LogP contribution is -2.06. The minimum Gasteiger partial charge on any atom is -0.333 e. The normalized spacial score (nSPS) is 13.2. The summed E-state index contributed by atoms with van der Waals surface area (Å²) in [6.45, 7) is 4.99. The molecule has 1 aromatic heterocycles. The van der Waals surface area contributed by atoms with Gasteiger partial charge in [-0.2, -0.15) is 0 Å². The number of aromatic nitrogens is 2. The van der Waals surface area contributed by atoms with Crippen LogP contribution in [0.5, 0.6) is 0 Å². The van der Waals surface area contributed by atoms with Gasteiger partial charge in [-0.05, 0) is 37.6 Å². The summed E-state index contributed by atoms with van der Waals surface area (Å²) in [6.07, 6.45) is 1.01. The predicted octanol–water partition coefficient (Wildman–Crippen LogP) is 2.70. The van der Waals surface area contributed by atoms with Gasteiger partial charge in [-0.3, -0.25) is 0 Å². The lowest BCUT2D eigenvalue weighted by atomic mass is 10.2. The first-order chi connectivity index (χ1) is 7.69. The highest BCUT2D eigenvalue weighted by Crippen LogP contribution is 2.24. The molecule has 1 heterocycles. The average molecular weight is 235 g/mol. The monoisotopic (exact) mass is 235 g/mol. The third kappa shape index (κ3) is 2.57. The number of nitrogens with two attached hydrogens (primary N) is 1. The number of aryl methyl sites for hydroxylation is 1. The van der Waals surface area contributed by atoms with E-state index in [-0.39, 0.29) is 0 Å². The van der Waals surface area contributed by atoms with Crippen LogP contribution < -0.4 is 5.73 Å². The standard InChI is InChI=1S/C12H17N3S/c1-8-3-4-10-11(7-8)15-12(14-10)16-9(2)5-6-13/h3-4,7,9H,5-6,13H2,1-2H3,(H,14,15). The second kappa shape index (κ2) is 4.89. The summed E-state index contributed by atoms with van der Waals surface area (Å²) < 4.78 is 0. The second-order valence-electron chi connectivity index (χ2n) is 4.07. The van der Waals surface area contributed by atoms with Crippen LogP contribution in [0.2, 0.25) is 0 Å². The summed E-state index contributed by atoms with van der Waals surface area (Å²) in [5.74, 6) is 0. The maximum Gasteiger partial charge on any atom is 0.166 e. The zero-order chi connectivity index (χ0) is 11.5. The molecule has 3 N–H and O–H groups in total. The Kier molecular flexibility index (Phi) is 3.51. The number of imidazole rings is 1. The molecule has 1 atom stereocenters. The topological polar surface area (TPSA) is 54.7 Å². The molecule has 86 valence electrons. The van der Waals surface area contributed by atoms with Crippen molar-refractivity contribution in [2.75, 3.05) is 6.54 Å². The Morgan fingerprint density at radius 1 is 1.50 bits per heavy atom. The van der Waals surface area contributed by atoms with Gasteiger partial charge >= 0.3 is 0 Å². The summed E-state index contributed by atoms with van der Waals surface area (Å²) in [5, 5.41) is 1.49. The molecular weight excluding hydrogens is 218 g/mol. The van der Waals surface area contributed by atoms with Gasteiger partial charge in [0, 0.05) is 5.25 Å². The molecule has 4 heteroatoms. The minimum atomic E-state index is 0.506. The van der Waals surface area contributed by atoms with Gasteiger partial charge in [-0.1, -0.05) is 24.8 Å². The van der Waals surface area contributed by atoms with Crippen molar-refractivity contribution < 1.29 is 0 Å². The number of rotatable bonds is 4. The quantitative estimate of drug-likeness (QED) is 0.801. The molecule has 0 amide bonds. The van der Waals surface area contributed by atoms with Crippen molar-refractivity contribution in [3.63, 3.8) is 0 Å². The van der Waals surface area contributed by atoms with E-state index in [1.807, 2.05) is 0 Å². The van der Waals surface area contributed by atoms with Crippen molar-refractivity contribution in [1.29, 1.82) is 0 Å². The van der Waals surface area contributed by atoms with E-state index in [4.69, 9.17) is 5.73 Å². The van der Waals surface area contributed by atoms with Gasteiger partial charge in [-0.25, -0.2) is 4.98 Å². The highest BCUT2D eigenvalue weighted by molar-refractivity contribution is 7.99. The average Bonchev–Trinajstić information content (AvgIpc) is 2.59. The molecule has 0 saturated carbocycles. The molecule has 3 nitrogen and oxygen atoms in total. The van der Waals surface area contributed by atoms with Gasteiger partial charge in [0.05, 0.1) is 11.0 Å². The molecule has 0 radical (unpaired) electrons. The zero-order valence-corrected chi connectivity index (χ0v) is 10.5. The molecule has 16 heavy (non-hydrogen) atoms. The summed E-state index contributed by atoms with van der Waals surface area (Å²) in [7, 11) is 0. The Morgan fingerprint density at radius 2 is 2.31 bits per heavy atom. The Bertz CT molecular complexity index is 478. The van der Waals surface area contributed by atoms with Gasteiger partial charge in [0.25, 0.3) is 0 Å². The van der Waals surface area contributed by atoms with Crippen molar-refractivity contribution >= 4 is 22.8 Å². The van der Waals surface area contributed by atoms with Crippen molar-refractivity contribution in [2.45, 2.75) is 30.7 Å². The largest absolute Gasteiger partial charge is 0.333 e. The fraction of sp³-hybridized carbons (Fsp3) is 0.417. The molecule has 2 rings (SSSR count). The van der Waals surface area contributed by atoms with E-state index in [9.17, 15) is 0 Å². The second-order valence-corrected chi connectivity index (χ2v) is 5.50. The maximum atomic E-state index is 5.53. The lowest BCUT2D eigenvalue weighted by Gasteiger charge is -2.05. The Morgan fingerprint density at radius 3 is 3.06 bits per heavy atom. The number of nitrogens with one attached hydrogen (secondary N) is 1. The van der Waals surface area contributed by atoms with Crippen LogP contribution in [0.15, 0.2) is 23.4 Å². The van der Waals surface area contributed by atoms with Crippen LogP contribution in [0.3, 0.4) is 0 Å². The Labute approximate surface area is 99.8 Å². The molecule has 1 unspecified atom stereocenters. The summed E-state index contributed by atoms with van der Waals surface area (Å²) in [5.41, 5.74) is 8.94. The van der Waals surface area contributed by atoms with Crippen molar-refractivity contribution in [3.05, 3.63) is 23.8 Å². The van der Waals surface area contributed by atoms with Gasteiger partial charge < -0.3 is 10.7 Å². The lowest BCUT2D eigenvalue weighted by molar-refractivity contribution is 0.819. The molecule has 0 spiro atoms. The van der Waals surface area contributed by atoms with Crippen LogP contribution in [0.25, 0.3) is 11.0 Å². The van der Waals surface area contributed by atoms with Crippen LogP contribution in [-0.4, -0.2) is 21.8 Å². The summed E-state index contributed by atoms with van der Waals surface area (Å²) in [4.78, 5) is 7.88. The zero-order valence-electron chi connectivity index (χ0n) is 9.66. The van der Waals surface area contributed by atoms with E-state index in [1.165, 1.54) is 5.56 Å². The molecule has 0 aliphatic rings. The van der Waals surface area contributed by atoms with Gasteiger partial charge in [0.1, 0.15) is 0 Å². The first-order valence-electron chi connectivity index (χ1n) is 5.52. The molecule has 0 bridgehead atoms. The number of nitrogens with zero attached hydrogens (tertiary/aromatic N) is 1. The number of hydrogen-bond acceptors (Lipinski definition) is 3. The van der Waals surface area contributed by atoms with Crippen molar-refractivity contribution in [1.82, 2.24) is 9.97 Å². The van der Waals surface area contributed by atoms with E-state index in [2.05, 4.69) is 42.0 Å². The molecule has 0 saturated heterocycles. The highest BCUT2D eigenvalue weighted by Gasteiger charge is 2.07. The summed E-state index contributed by atoms with van der Waals surface area (Å²) >= 11 is 1.75. The highest BCUT2D eigenvalue weighted by atomic mass is 32.2. The van der Waals surface area contributed by atoms with Gasteiger partial charge in [0.2, 0.25) is 0 Å². The van der Waals surface area contributed by atoms with Crippen molar-refractivity contribution in [2.24, 2.45) is 5.73 Å². The molecule has 2 aromatic rings. The van der Waals surface area contributed by atoms with Crippen LogP contribution in [0, 0.1) is 6.92 Å². The van der Waals surface area contributed by atoms with Crippen LogP contribution in [0.1, 0.15) is 18.9 Å². The molecule has 0 fully saturated rings. The third-order valence-corrected chi connectivity index (χ3v) is 3.56. The SMILES string of the molecule is Cc1ccc2nc(SC(C)CCN)[nH]c2c1. The maximum absolute atomic E-state index is 5.53. The Hall–Kier alpha value is -1.00. The molecule has 0 aliphatic carbocycles. The minimum absolute atomic E-state index is 0.506. The van der Waals surface area contributed by atoms with E-state index < -0.39 is 0 Å². The van der Waals surface area contributed by atoms with Gasteiger partial charge in [0.15, 0.2) is 5.16 Å². The van der Waals surface area contributed by atoms with E-state index in [1.54, 1.807) is 11.8 Å². The first kappa shape index (κ1) is 11.5. The molecule has 0 aliphatic heterocycles. The van der Waals surface area contributed by atoms with E-state index in [0.717, 1.165) is 29.2 Å². The summed E-state index contributed by atoms with van der Waals surface area (Å²) in [6, 6.07) is 6.26. The Balaban J connectivity index is 2.19. The van der Waals surface area contributed by atoms with Crippen LogP contribution in [0.4, 0.5) is 0 Å². The third-order valence-electron chi connectivity index (χ3n) is 2.50. The smallest absolute Gasteiger partial charge is 0.166 e. The number of hydrogen-bond donors (Lipinski definition) is 2. The van der Waals surface area contributed by atoms with Crippen LogP contribution >= 0.6 is 11.8 Å². The van der Waals surface area contributed by atoms with E-state index >= 15 is 0 Å². The van der Waals surface area contributed by atoms with Crippen LogP contribution in [-0.2, 0) is 0 Å². The molecular formula is C12H17N3S. The predicted molar refractivity (Wildman–Crippen MR) is 69.8 cm³/mol. The molecule has 1 aromatic carbocycles. The fourth-order valence-corrected chi connectivity index (χ4v) is 2.60. The fourth-order valence-electron chi connectivity index (χ4n) is 1.64. The number of fused-ring (bicyclic) bond motifs is 1. The van der Waals surface area contributed by atoms with E-state index in [0.29, 0.717) is 5.25 Å².